The summed E-state index contributed by atoms with van der Waals surface area (Å²) in [5.74, 6) is -0.213. The van der Waals surface area contributed by atoms with E-state index in [1.54, 1.807) is 29.6 Å². The van der Waals surface area contributed by atoms with Crippen molar-refractivity contribution in [1.82, 2.24) is 9.88 Å². The molecule has 1 atom stereocenters. The Kier molecular flexibility index (Phi) is 7.33. The number of halogens is 2. The number of hydrogen-bond donors (Lipinski definition) is 2. The summed E-state index contributed by atoms with van der Waals surface area (Å²) in [4.78, 5) is 15.9. The lowest BCUT2D eigenvalue weighted by molar-refractivity contribution is 0.155. The van der Waals surface area contributed by atoms with Crippen LogP contribution in [0.4, 0.5) is 20.7 Å². The van der Waals surface area contributed by atoms with Crippen molar-refractivity contribution in [3.8, 4) is 5.75 Å². The van der Waals surface area contributed by atoms with Gasteiger partial charge >= 0.3 is 6.09 Å². The Labute approximate surface area is 210 Å². The Morgan fingerprint density at radius 2 is 2.11 bits per heavy atom. The van der Waals surface area contributed by atoms with Gasteiger partial charge in [0.15, 0.2) is 5.82 Å². The summed E-state index contributed by atoms with van der Waals surface area (Å²) >= 11 is 7.55. The molecule has 35 heavy (non-hydrogen) atoms. The predicted octanol–water partition coefficient (Wildman–Crippen LogP) is 4.50. The highest BCUT2D eigenvalue weighted by Crippen LogP contribution is 2.33. The quantitative estimate of drug-likeness (QED) is 0.432. The van der Waals surface area contributed by atoms with Gasteiger partial charge in [-0.25, -0.2) is 26.9 Å². The summed E-state index contributed by atoms with van der Waals surface area (Å²) in [6.45, 7) is 0.473. The van der Waals surface area contributed by atoms with Crippen LogP contribution in [-0.2, 0) is 16.6 Å². The van der Waals surface area contributed by atoms with Crippen LogP contribution in [0.2, 0.25) is 5.02 Å². The van der Waals surface area contributed by atoms with Crippen LogP contribution in [0.25, 0.3) is 0 Å². The number of carboxylic acid groups (broad SMARTS) is 1. The van der Waals surface area contributed by atoms with Crippen LogP contribution in [0, 0.1) is 5.82 Å². The van der Waals surface area contributed by atoms with Crippen LogP contribution in [-0.4, -0.2) is 55.7 Å². The fourth-order valence-corrected chi connectivity index (χ4v) is 6.11. The predicted molar refractivity (Wildman–Crippen MR) is 132 cm³/mol. The van der Waals surface area contributed by atoms with Crippen molar-refractivity contribution >= 4 is 50.6 Å². The summed E-state index contributed by atoms with van der Waals surface area (Å²) in [6, 6.07) is 8.64. The van der Waals surface area contributed by atoms with Gasteiger partial charge in [0.1, 0.15) is 16.5 Å². The van der Waals surface area contributed by atoms with E-state index >= 15 is 4.39 Å². The van der Waals surface area contributed by atoms with E-state index < -0.39 is 26.8 Å². The fourth-order valence-electron chi connectivity index (χ4n) is 3.74. The second-order valence-electron chi connectivity index (χ2n) is 7.83. The molecule has 1 aromatic heterocycles. The zero-order valence-corrected chi connectivity index (χ0v) is 20.9. The molecule has 2 heterocycles. The van der Waals surface area contributed by atoms with Gasteiger partial charge in [0.25, 0.3) is 10.0 Å². The highest BCUT2D eigenvalue weighted by molar-refractivity contribution is 7.92. The van der Waals surface area contributed by atoms with E-state index in [1.165, 1.54) is 28.9 Å². The number of nitrogens with zero attached hydrogens (tertiary/aromatic N) is 3. The Balaban J connectivity index is 1.63. The van der Waals surface area contributed by atoms with Gasteiger partial charge in [-0.1, -0.05) is 23.7 Å². The molecule has 1 aliphatic rings. The van der Waals surface area contributed by atoms with Crippen molar-refractivity contribution in [2.75, 3.05) is 29.8 Å². The molecule has 0 aliphatic carbocycles. The van der Waals surface area contributed by atoms with E-state index in [0.29, 0.717) is 24.3 Å². The summed E-state index contributed by atoms with van der Waals surface area (Å²) in [6.07, 6.45) is -0.518. The Morgan fingerprint density at radius 1 is 1.37 bits per heavy atom. The average Bonchev–Trinajstić information content (AvgIpc) is 3.52. The van der Waals surface area contributed by atoms with Crippen LogP contribution < -0.4 is 14.4 Å². The van der Waals surface area contributed by atoms with Crippen molar-refractivity contribution in [3.63, 3.8) is 0 Å². The SMILES string of the molecule is COc1ccc(CN(c2cscn2)S(=O)(=O)c2cc(Cl)c(N[C@H]3CCN(C(=O)O)C3)cc2F)cc1. The summed E-state index contributed by atoms with van der Waals surface area (Å²) in [7, 11) is -2.85. The Morgan fingerprint density at radius 3 is 2.71 bits per heavy atom. The molecule has 1 fully saturated rings. The molecule has 1 saturated heterocycles. The maximum absolute atomic E-state index is 15.2. The Hall–Kier alpha value is -3.09. The van der Waals surface area contributed by atoms with Crippen LogP contribution in [0.5, 0.6) is 5.75 Å². The zero-order valence-electron chi connectivity index (χ0n) is 18.5. The third kappa shape index (κ3) is 5.44. The number of anilines is 2. The number of amides is 1. The van der Waals surface area contributed by atoms with E-state index in [-0.39, 0.29) is 35.7 Å². The number of rotatable bonds is 8. The highest BCUT2D eigenvalue weighted by Gasteiger charge is 2.31. The van der Waals surface area contributed by atoms with Crippen LogP contribution in [0.3, 0.4) is 0 Å². The van der Waals surface area contributed by atoms with E-state index in [2.05, 4.69) is 10.3 Å². The van der Waals surface area contributed by atoms with Gasteiger partial charge in [0.05, 0.1) is 29.9 Å². The number of aromatic nitrogens is 1. The van der Waals surface area contributed by atoms with E-state index in [9.17, 15) is 13.2 Å². The normalized spacial score (nSPS) is 15.7. The monoisotopic (exact) mass is 540 g/mol. The number of sulfonamides is 1. The van der Waals surface area contributed by atoms with Crippen LogP contribution in [0.15, 0.2) is 52.2 Å². The number of thiazole rings is 1. The molecule has 2 aromatic carbocycles. The minimum atomic E-state index is -4.38. The maximum Gasteiger partial charge on any atom is 0.407 e. The molecule has 0 saturated carbocycles. The topological polar surface area (TPSA) is 112 Å². The molecule has 3 aromatic rings. The maximum atomic E-state index is 15.2. The van der Waals surface area contributed by atoms with Crippen LogP contribution >= 0.6 is 22.9 Å². The third-order valence-electron chi connectivity index (χ3n) is 5.57. The lowest BCUT2D eigenvalue weighted by atomic mass is 10.2. The van der Waals surface area contributed by atoms with Crippen LogP contribution in [0.1, 0.15) is 12.0 Å². The molecule has 1 amide bonds. The van der Waals surface area contributed by atoms with Crippen molar-refractivity contribution in [3.05, 3.63) is 63.7 Å². The molecule has 0 bridgehead atoms. The standard InChI is InChI=1S/C22H22ClFN4O5S2/c1-33-16-4-2-14(3-5-16)10-28(21-12-34-13-25-21)35(31,32)20-8-17(23)19(9-18(20)24)26-15-6-7-27(11-15)22(29)30/h2-5,8-9,12-13,15,26H,6-7,10-11H2,1H3,(H,29,30)/t15-/m0/s1. The largest absolute Gasteiger partial charge is 0.497 e. The van der Waals surface area contributed by atoms with Crippen molar-refractivity contribution in [2.45, 2.75) is 23.9 Å². The van der Waals surface area contributed by atoms with E-state index in [0.717, 1.165) is 16.4 Å². The number of methoxy groups -OCH3 is 1. The smallest absolute Gasteiger partial charge is 0.407 e. The number of ether oxygens (including phenoxy) is 1. The molecule has 2 N–H and O–H groups in total. The van der Waals surface area contributed by atoms with Gasteiger partial charge < -0.3 is 20.1 Å². The number of hydrogen-bond acceptors (Lipinski definition) is 7. The minimum absolute atomic E-state index is 0.00132. The van der Waals surface area contributed by atoms with E-state index in [1.807, 2.05) is 0 Å². The number of benzene rings is 2. The number of nitrogens with one attached hydrogen (secondary N) is 1. The van der Waals surface area contributed by atoms with Gasteiger partial charge in [0.2, 0.25) is 0 Å². The Bertz CT molecular complexity index is 1310. The molecule has 4 rings (SSSR count). The lowest BCUT2D eigenvalue weighted by Gasteiger charge is -2.23. The molecule has 0 unspecified atom stereocenters. The minimum Gasteiger partial charge on any atom is -0.497 e. The third-order valence-corrected chi connectivity index (χ3v) is 8.22. The number of carbonyl (C=O) groups is 1. The summed E-state index contributed by atoms with van der Waals surface area (Å²) < 4.78 is 48.5. The average molecular weight is 541 g/mol. The first kappa shape index (κ1) is 25.0. The van der Waals surface area contributed by atoms with Gasteiger partial charge in [-0.2, -0.15) is 0 Å². The molecule has 186 valence electrons. The zero-order chi connectivity index (χ0) is 25.2. The molecule has 0 radical (unpaired) electrons. The fraction of sp³-hybridized carbons (Fsp3) is 0.273. The molecular weight excluding hydrogens is 519 g/mol. The summed E-state index contributed by atoms with van der Waals surface area (Å²) in [5, 5.41) is 13.7. The first-order valence-corrected chi connectivity index (χ1v) is 13.2. The molecule has 1 aliphatic heterocycles. The number of likely N-dealkylation sites (tertiary alicyclic amines) is 1. The molecule has 13 heteroatoms. The van der Waals surface area contributed by atoms with Crippen molar-refractivity contribution < 1.29 is 27.4 Å². The van der Waals surface area contributed by atoms with Gasteiger partial charge in [0, 0.05) is 24.5 Å². The van der Waals surface area contributed by atoms with Crippen molar-refractivity contribution in [2.24, 2.45) is 0 Å². The highest BCUT2D eigenvalue weighted by atomic mass is 35.5. The second kappa shape index (κ2) is 10.3. The second-order valence-corrected chi connectivity index (χ2v) is 10.8. The van der Waals surface area contributed by atoms with Gasteiger partial charge in [-0.15, -0.1) is 11.3 Å². The summed E-state index contributed by atoms with van der Waals surface area (Å²) in [5.41, 5.74) is 2.33. The molecule has 0 spiro atoms. The molecular formula is C22H22ClFN4O5S2. The van der Waals surface area contributed by atoms with Gasteiger partial charge in [-0.3, -0.25) is 0 Å². The first-order chi connectivity index (χ1) is 16.7. The first-order valence-electron chi connectivity index (χ1n) is 10.5. The molecule has 9 nitrogen and oxygen atoms in total. The van der Waals surface area contributed by atoms with E-state index in [4.69, 9.17) is 21.4 Å². The lowest BCUT2D eigenvalue weighted by Crippen LogP contribution is -2.32. The van der Waals surface area contributed by atoms with Crippen molar-refractivity contribution in [1.29, 1.82) is 0 Å². The van der Waals surface area contributed by atoms with Gasteiger partial charge in [-0.05, 0) is 36.2 Å².